The van der Waals surface area contributed by atoms with Crippen molar-refractivity contribution in [2.45, 2.75) is 65.6 Å². The average Bonchev–Trinajstić information content (AvgIpc) is 3.06. The van der Waals surface area contributed by atoms with Crippen molar-refractivity contribution in [3.63, 3.8) is 0 Å². The first kappa shape index (κ1) is 17.6. The highest BCUT2D eigenvalue weighted by atomic mass is 32.1. The van der Waals surface area contributed by atoms with Crippen molar-refractivity contribution in [3.05, 3.63) is 38.8 Å². The monoisotopic (exact) mass is 347 g/mol. The minimum Gasteiger partial charge on any atom is -0.391 e. The fourth-order valence-electron chi connectivity index (χ4n) is 3.86. The lowest BCUT2D eigenvalue weighted by molar-refractivity contribution is 0.0483. The van der Waals surface area contributed by atoms with Crippen molar-refractivity contribution in [2.75, 3.05) is 13.1 Å². The van der Waals surface area contributed by atoms with Crippen molar-refractivity contribution in [2.24, 2.45) is 0 Å². The zero-order valence-electron chi connectivity index (χ0n) is 15.4. The standard InChI is InChI=1S/C19H29N3OS/c1-12(2)22-15(5)17(14(4)20-22)10-21-8-6-16(18(23)11-21)19-13(3)7-9-24-19/h7,9,12,16,18,23H,6,8,10-11H2,1-5H3/t16-,18-/m1/s1. The van der Waals surface area contributed by atoms with Gasteiger partial charge in [0.25, 0.3) is 0 Å². The Morgan fingerprint density at radius 1 is 1.33 bits per heavy atom. The van der Waals surface area contributed by atoms with E-state index in [-0.39, 0.29) is 6.10 Å². The van der Waals surface area contributed by atoms with Crippen LogP contribution in [0.2, 0.25) is 0 Å². The molecule has 0 radical (unpaired) electrons. The summed E-state index contributed by atoms with van der Waals surface area (Å²) >= 11 is 1.78. The van der Waals surface area contributed by atoms with E-state index in [1.807, 2.05) is 0 Å². The van der Waals surface area contributed by atoms with Gasteiger partial charge in [0.2, 0.25) is 0 Å². The van der Waals surface area contributed by atoms with E-state index in [2.05, 4.69) is 55.6 Å². The number of aliphatic hydroxyl groups excluding tert-OH is 1. The molecular weight excluding hydrogens is 318 g/mol. The quantitative estimate of drug-likeness (QED) is 0.914. The summed E-state index contributed by atoms with van der Waals surface area (Å²) in [4.78, 5) is 3.74. The minimum absolute atomic E-state index is 0.281. The number of likely N-dealkylation sites (tertiary alicyclic amines) is 1. The van der Waals surface area contributed by atoms with Crippen LogP contribution in [0.3, 0.4) is 0 Å². The lowest BCUT2D eigenvalue weighted by atomic mass is 9.90. The number of rotatable bonds is 4. The van der Waals surface area contributed by atoms with Gasteiger partial charge in [-0.05, 0) is 64.6 Å². The molecule has 2 aromatic rings. The summed E-state index contributed by atoms with van der Waals surface area (Å²) in [6.07, 6.45) is 0.746. The fourth-order valence-corrected chi connectivity index (χ4v) is 4.99. The first-order chi connectivity index (χ1) is 11.4. The normalized spacial score (nSPS) is 22.5. The number of piperidine rings is 1. The Balaban J connectivity index is 1.70. The number of aromatic nitrogens is 2. The van der Waals surface area contributed by atoms with Gasteiger partial charge in [-0.3, -0.25) is 9.58 Å². The van der Waals surface area contributed by atoms with Gasteiger partial charge in [0, 0.05) is 41.2 Å². The Morgan fingerprint density at radius 2 is 2.08 bits per heavy atom. The van der Waals surface area contributed by atoms with Gasteiger partial charge < -0.3 is 5.11 Å². The lowest BCUT2D eigenvalue weighted by Crippen LogP contribution is -2.42. The van der Waals surface area contributed by atoms with Crippen LogP contribution in [0, 0.1) is 20.8 Å². The summed E-state index contributed by atoms with van der Waals surface area (Å²) in [6.45, 7) is 13.4. The second-order valence-electron chi connectivity index (χ2n) is 7.35. The number of hydrogen-bond donors (Lipinski definition) is 1. The summed E-state index contributed by atoms with van der Waals surface area (Å²) in [5.41, 5.74) is 5.02. The zero-order valence-corrected chi connectivity index (χ0v) is 16.2. The summed E-state index contributed by atoms with van der Waals surface area (Å²) in [5, 5.41) is 17.5. The highest BCUT2D eigenvalue weighted by molar-refractivity contribution is 7.10. The van der Waals surface area contributed by atoms with E-state index < -0.39 is 0 Å². The second-order valence-corrected chi connectivity index (χ2v) is 8.30. The molecule has 3 rings (SSSR count). The Hall–Kier alpha value is -1.17. The fraction of sp³-hybridized carbons (Fsp3) is 0.632. The molecule has 0 amide bonds. The Labute approximate surface area is 149 Å². The van der Waals surface area contributed by atoms with Crippen LogP contribution >= 0.6 is 11.3 Å². The van der Waals surface area contributed by atoms with Crippen LogP contribution in [-0.4, -0.2) is 39.0 Å². The first-order valence-corrected chi connectivity index (χ1v) is 9.75. The molecule has 1 aliphatic rings. The number of hydrogen-bond acceptors (Lipinski definition) is 4. The molecule has 24 heavy (non-hydrogen) atoms. The molecule has 2 atom stereocenters. The summed E-state index contributed by atoms with van der Waals surface area (Å²) < 4.78 is 2.11. The van der Waals surface area contributed by atoms with Gasteiger partial charge >= 0.3 is 0 Å². The summed E-state index contributed by atoms with van der Waals surface area (Å²) in [5.74, 6) is 0.293. The van der Waals surface area contributed by atoms with Crippen LogP contribution in [0.1, 0.15) is 59.6 Å². The molecule has 0 aliphatic carbocycles. The molecule has 0 bridgehead atoms. The smallest absolute Gasteiger partial charge is 0.0744 e. The molecule has 3 heterocycles. The number of aryl methyl sites for hydroxylation is 2. The Bertz CT molecular complexity index is 704. The maximum atomic E-state index is 10.7. The largest absolute Gasteiger partial charge is 0.391 e. The SMILES string of the molecule is Cc1ccsc1[C@@H]1CCN(Cc2c(C)nn(C(C)C)c2C)C[C@H]1O. The molecule has 4 nitrogen and oxygen atoms in total. The molecule has 5 heteroatoms. The predicted molar refractivity (Wildman–Crippen MR) is 99.8 cm³/mol. The van der Waals surface area contributed by atoms with Gasteiger partial charge in [-0.15, -0.1) is 11.3 Å². The number of thiophene rings is 1. The number of β-amino-alcohol motifs (C(OH)–C–C–N with tert-alkyl or cyclic N) is 1. The molecule has 0 unspecified atom stereocenters. The maximum absolute atomic E-state index is 10.7. The molecule has 0 spiro atoms. The van der Waals surface area contributed by atoms with E-state index >= 15 is 0 Å². The maximum Gasteiger partial charge on any atom is 0.0744 e. The lowest BCUT2D eigenvalue weighted by Gasteiger charge is -2.36. The van der Waals surface area contributed by atoms with Gasteiger partial charge in [0.1, 0.15) is 0 Å². The van der Waals surface area contributed by atoms with Crippen molar-refractivity contribution in [1.29, 1.82) is 0 Å². The van der Waals surface area contributed by atoms with Crippen molar-refractivity contribution in [1.82, 2.24) is 14.7 Å². The second kappa shape index (κ2) is 6.98. The van der Waals surface area contributed by atoms with Crippen molar-refractivity contribution < 1.29 is 5.11 Å². The van der Waals surface area contributed by atoms with Gasteiger partial charge in [-0.2, -0.15) is 5.10 Å². The minimum atomic E-state index is -0.281. The van der Waals surface area contributed by atoms with Crippen molar-refractivity contribution in [3.8, 4) is 0 Å². The molecule has 0 saturated carbocycles. The van der Waals surface area contributed by atoms with E-state index in [1.54, 1.807) is 11.3 Å². The third-order valence-corrected chi connectivity index (χ3v) is 6.40. The molecule has 0 aromatic carbocycles. The predicted octanol–water partition coefficient (Wildman–Crippen LogP) is 3.80. The molecule has 1 saturated heterocycles. The zero-order chi connectivity index (χ0) is 17.4. The van der Waals surface area contributed by atoms with Crippen LogP contribution in [0.15, 0.2) is 11.4 Å². The van der Waals surface area contributed by atoms with E-state index in [4.69, 9.17) is 5.10 Å². The molecule has 1 N–H and O–H groups in total. The highest BCUT2D eigenvalue weighted by Gasteiger charge is 2.31. The first-order valence-electron chi connectivity index (χ1n) is 8.87. The topological polar surface area (TPSA) is 41.3 Å². The molecular formula is C19H29N3OS. The van der Waals surface area contributed by atoms with Gasteiger partial charge in [0.05, 0.1) is 11.8 Å². The molecule has 1 aliphatic heterocycles. The van der Waals surface area contributed by atoms with E-state index in [0.717, 1.165) is 31.7 Å². The molecule has 2 aromatic heterocycles. The number of nitrogens with zero attached hydrogens (tertiary/aromatic N) is 3. The van der Waals surface area contributed by atoms with Crippen LogP contribution < -0.4 is 0 Å². The Kier molecular flexibility index (Phi) is 5.13. The van der Waals surface area contributed by atoms with Crippen LogP contribution in [0.25, 0.3) is 0 Å². The Morgan fingerprint density at radius 3 is 2.62 bits per heavy atom. The average molecular weight is 348 g/mol. The molecule has 132 valence electrons. The third-order valence-electron chi connectivity index (χ3n) is 5.25. The van der Waals surface area contributed by atoms with Gasteiger partial charge in [-0.25, -0.2) is 0 Å². The third kappa shape index (κ3) is 3.30. The van der Waals surface area contributed by atoms with Gasteiger partial charge in [0.15, 0.2) is 0 Å². The summed E-state index contributed by atoms with van der Waals surface area (Å²) in [7, 11) is 0. The van der Waals surface area contributed by atoms with Crippen LogP contribution in [0.4, 0.5) is 0 Å². The van der Waals surface area contributed by atoms with Crippen LogP contribution in [0.5, 0.6) is 0 Å². The van der Waals surface area contributed by atoms with Crippen LogP contribution in [-0.2, 0) is 6.54 Å². The molecule has 1 fully saturated rings. The van der Waals surface area contributed by atoms with Gasteiger partial charge in [-0.1, -0.05) is 0 Å². The van der Waals surface area contributed by atoms with E-state index in [0.29, 0.717) is 12.0 Å². The van der Waals surface area contributed by atoms with E-state index in [9.17, 15) is 5.11 Å². The highest BCUT2D eigenvalue weighted by Crippen LogP contribution is 2.34. The van der Waals surface area contributed by atoms with Crippen molar-refractivity contribution >= 4 is 11.3 Å². The number of aliphatic hydroxyl groups is 1. The summed E-state index contributed by atoms with van der Waals surface area (Å²) in [6, 6.07) is 2.54. The van der Waals surface area contributed by atoms with E-state index in [1.165, 1.54) is 21.7 Å².